The van der Waals surface area contributed by atoms with Crippen molar-refractivity contribution in [2.75, 3.05) is 4.31 Å². The van der Waals surface area contributed by atoms with Crippen LogP contribution in [-0.4, -0.2) is 13.4 Å². The molecule has 0 unspecified atom stereocenters. The number of sulfonamides is 1. The van der Waals surface area contributed by atoms with Gasteiger partial charge in [0.25, 0.3) is 10.0 Å². The first-order valence-electron chi connectivity index (χ1n) is 11.0. The summed E-state index contributed by atoms with van der Waals surface area (Å²) >= 11 is 5.95. The number of benzene rings is 3. The molecule has 0 aliphatic heterocycles. The van der Waals surface area contributed by atoms with E-state index in [0.717, 1.165) is 33.6 Å². The van der Waals surface area contributed by atoms with E-state index in [-0.39, 0.29) is 10.6 Å². The van der Waals surface area contributed by atoms with Crippen molar-refractivity contribution in [3.05, 3.63) is 125 Å². The third kappa shape index (κ3) is 5.52. The Labute approximate surface area is 208 Å². The molecule has 3 aromatic carbocycles. The summed E-state index contributed by atoms with van der Waals surface area (Å²) in [6.45, 7) is 1.67. The van der Waals surface area contributed by atoms with Crippen LogP contribution >= 0.6 is 11.6 Å². The van der Waals surface area contributed by atoms with E-state index in [4.69, 9.17) is 11.6 Å². The van der Waals surface area contributed by atoms with Crippen molar-refractivity contribution in [1.82, 2.24) is 4.98 Å². The van der Waals surface area contributed by atoms with Gasteiger partial charge in [-0.1, -0.05) is 41.9 Å². The fourth-order valence-corrected chi connectivity index (χ4v) is 5.80. The zero-order chi connectivity index (χ0) is 25.0. The van der Waals surface area contributed by atoms with Crippen molar-refractivity contribution < 1.29 is 17.2 Å². The second-order valence-corrected chi connectivity index (χ2v) is 10.3. The van der Waals surface area contributed by atoms with E-state index in [0.29, 0.717) is 23.4 Å². The van der Waals surface area contributed by atoms with E-state index < -0.39 is 27.7 Å². The summed E-state index contributed by atoms with van der Waals surface area (Å²) in [4.78, 5) is 4.06. The molecule has 8 heteroatoms. The van der Waals surface area contributed by atoms with Crippen LogP contribution in [0.2, 0.25) is 5.02 Å². The number of rotatable bonds is 8. The number of hydrogen-bond donors (Lipinski definition) is 0. The normalized spacial score (nSPS) is 12.3. The van der Waals surface area contributed by atoms with Crippen LogP contribution in [0.5, 0.6) is 0 Å². The number of nitrogens with zero attached hydrogens (tertiary/aromatic N) is 2. The average molecular weight is 513 g/mol. The second kappa shape index (κ2) is 10.5. The van der Waals surface area contributed by atoms with Gasteiger partial charge in [-0.15, -0.1) is 0 Å². The monoisotopic (exact) mass is 512 g/mol. The molecule has 1 aromatic heterocycles. The van der Waals surface area contributed by atoms with Crippen molar-refractivity contribution in [3.63, 3.8) is 0 Å². The number of hydrogen-bond acceptors (Lipinski definition) is 3. The third-order valence-corrected chi connectivity index (χ3v) is 7.93. The first kappa shape index (κ1) is 24.8. The smallest absolute Gasteiger partial charge is 0.264 e. The SMILES string of the molecule is C[C@H](c1ccccc1CCc1cccnc1)N(c1cc(F)ccc1F)S(=O)(=O)c1ccc(Cl)cc1. The minimum Gasteiger partial charge on any atom is -0.264 e. The molecule has 0 bridgehead atoms. The molecule has 0 spiro atoms. The quantitative estimate of drug-likeness (QED) is 0.262. The number of aromatic nitrogens is 1. The van der Waals surface area contributed by atoms with Gasteiger partial charge in [0, 0.05) is 23.5 Å². The average Bonchev–Trinajstić information content (AvgIpc) is 2.86. The summed E-state index contributed by atoms with van der Waals surface area (Å²) in [5.41, 5.74) is 2.26. The van der Waals surface area contributed by atoms with Crippen LogP contribution in [-0.2, 0) is 22.9 Å². The summed E-state index contributed by atoms with van der Waals surface area (Å²) in [5, 5.41) is 0.362. The van der Waals surface area contributed by atoms with Crippen LogP contribution in [0.3, 0.4) is 0 Å². The topological polar surface area (TPSA) is 50.3 Å². The predicted octanol–water partition coefficient (Wildman–Crippen LogP) is 6.75. The van der Waals surface area contributed by atoms with Gasteiger partial charge in [-0.25, -0.2) is 17.2 Å². The summed E-state index contributed by atoms with van der Waals surface area (Å²) in [7, 11) is -4.28. The van der Waals surface area contributed by atoms with Crippen molar-refractivity contribution in [2.45, 2.75) is 30.7 Å². The van der Waals surface area contributed by atoms with Crippen molar-refractivity contribution in [1.29, 1.82) is 0 Å². The van der Waals surface area contributed by atoms with Crippen molar-refractivity contribution >= 4 is 27.3 Å². The van der Waals surface area contributed by atoms with E-state index in [1.54, 1.807) is 25.4 Å². The Morgan fingerprint density at radius 1 is 0.943 bits per heavy atom. The van der Waals surface area contributed by atoms with Crippen LogP contribution in [0.25, 0.3) is 0 Å². The summed E-state index contributed by atoms with van der Waals surface area (Å²) in [5.74, 6) is -1.58. The van der Waals surface area contributed by atoms with Crippen molar-refractivity contribution in [2.24, 2.45) is 0 Å². The van der Waals surface area contributed by atoms with Gasteiger partial charge in [0.05, 0.1) is 16.6 Å². The maximum atomic E-state index is 15.0. The molecule has 0 fully saturated rings. The molecule has 0 saturated heterocycles. The van der Waals surface area contributed by atoms with E-state index in [2.05, 4.69) is 4.98 Å². The molecule has 4 aromatic rings. The minimum atomic E-state index is -4.28. The van der Waals surface area contributed by atoms with E-state index >= 15 is 0 Å². The third-order valence-electron chi connectivity index (χ3n) is 5.78. The van der Waals surface area contributed by atoms with Gasteiger partial charge in [0.2, 0.25) is 0 Å². The maximum absolute atomic E-state index is 15.0. The fourth-order valence-electron chi connectivity index (χ4n) is 4.04. The van der Waals surface area contributed by atoms with Crippen LogP contribution in [0.1, 0.15) is 29.7 Å². The van der Waals surface area contributed by atoms with Crippen molar-refractivity contribution in [3.8, 4) is 0 Å². The Morgan fingerprint density at radius 2 is 1.69 bits per heavy atom. The van der Waals surface area contributed by atoms with Crippen LogP contribution in [0.4, 0.5) is 14.5 Å². The highest BCUT2D eigenvalue weighted by molar-refractivity contribution is 7.92. The highest BCUT2D eigenvalue weighted by Crippen LogP contribution is 2.37. The molecule has 35 heavy (non-hydrogen) atoms. The summed E-state index contributed by atoms with van der Waals surface area (Å²) in [6.07, 6.45) is 4.79. The van der Waals surface area contributed by atoms with Gasteiger partial charge < -0.3 is 0 Å². The van der Waals surface area contributed by atoms with E-state index in [1.807, 2.05) is 30.3 Å². The molecule has 180 valence electrons. The maximum Gasteiger partial charge on any atom is 0.264 e. The molecule has 4 rings (SSSR count). The number of aryl methyl sites for hydroxylation is 2. The van der Waals surface area contributed by atoms with Gasteiger partial charge in [-0.3, -0.25) is 9.29 Å². The van der Waals surface area contributed by atoms with Gasteiger partial charge in [0.1, 0.15) is 11.6 Å². The van der Waals surface area contributed by atoms with Crippen LogP contribution < -0.4 is 4.31 Å². The molecule has 0 N–H and O–H groups in total. The van der Waals surface area contributed by atoms with Gasteiger partial charge in [-0.05, 0) is 78.9 Å². The lowest BCUT2D eigenvalue weighted by molar-refractivity contribution is 0.570. The lowest BCUT2D eigenvalue weighted by atomic mass is 9.96. The zero-order valence-electron chi connectivity index (χ0n) is 18.9. The highest BCUT2D eigenvalue weighted by Gasteiger charge is 2.33. The number of pyridine rings is 1. The molecule has 0 amide bonds. The summed E-state index contributed by atoms with van der Waals surface area (Å²) in [6, 6.07) is 18.8. The fraction of sp³-hybridized carbons (Fsp3) is 0.148. The Kier molecular flexibility index (Phi) is 7.48. The van der Waals surface area contributed by atoms with Gasteiger partial charge in [0.15, 0.2) is 0 Å². The molecule has 4 nitrogen and oxygen atoms in total. The Hall–Kier alpha value is -3.29. The molecule has 1 atom stereocenters. The highest BCUT2D eigenvalue weighted by atomic mass is 35.5. The molecule has 0 saturated carbocycles. The Morgan fingerprint density at radius 3 is 2.40 bits per heavy atom. The van der Waals surface area contributed by atoms with E-state index in [9.17, 15) is 17.2 Å². The second-order valence-electron chi connectivity index (χ2n) is 8.09. The number of halogens is 3. The standard InChI is InChI=1S/C27H23ClF2N2O2S/c1-19(25-7-3-2-6-21(25)9-8-20-5-4-16-31-18-20)32(27-17-23(29)12-15-26(27)30)35(33,34)24-13-10-22(28)11-14-24/h2-7,10-19H,8-9H2,1H3/t19-/m1/s1. The largest absolute Gasteiger partial charge is 0.264 e. The molecule has 0 radical (unpaired) electrons. The van der Waals surface area contributed by atoms with E-state index in [1.165, 1.54) is 24.3 Å². The lowest BCUT2D eigenvalue weighted by Crippen LogP contribution is -2.35. The molecular weight excluding hydrogens is 490 g/mol. The minimum absolute atomic E-state index is 0.0785. The van der Waals surface area contributed by atoms with Gasteiger partial charge >= 0.3 is 0 Å². The Balaban J connectivity index is 1.80. The van der Waals surface area contributed by atoms with Gasteiger partial charge in [-0.2, -0.15) is 0 Å². The number of anilines is 1. The first-order valence-corrected chi connectivity index (χ1v) is 12.8. The first-order chi connectivity index (χ1) is 16.8. The Bertz CT molecular complexity index is 1420. The molecule has 1 heterocycles. The zero-order valence-corrected chi connectivity index (χ0v) is 20.5. The van der Waals surface area contributed by atoms with Crippen LogP contribution in [0, 0.1) is 11.6 Å². The molecule has 0 aliphatic rings. The molecular formula is C27H23ClF2N2O2S. The molecule has 0 aliphatic carbocycles. The lowest BCUT2D eigenvalue weighted by Gasteiger charge is -2.32. The van der Waals surface area contributed by atoms with Crippen LogP contribution in [0.15, 0.2) is 96.2 Å². The summed E-state index contributed by atoms with van der Waals surface area (Å²) < 4.78 is 57.7. The predicted molar refractivity (Wildman–Crippen MR) is 134 cm³/mol.